The summed E-state index contributed by atoms with van der Waals surface area (Å²) in [5, 5.41) is 8.01. The maximum absolute atomic E-state index is 6.07. The molecule has 0 radical (unpaired) electrons. The molecule has 1 saturated heterocycles. The predicted octanol–water partition coefficient (Wildman–Crippen LogP) is 3.49. The third-order valence-corrected chi connectivity index (χ3v) is 4.49. The lowest BCUT2D eigenvalue weighted by molar-refractivity contribution is 0.502. The fraction of sp³-hybridized carbons (Fsp3) is 0.333. The van der Waals surface area contributed by atoms with Crippen molar-refractivity contribution in [3.63, 3.8) is 0 Å². The molecule has 0 amide bonds. The first-order chi connectivity index (χ1) is 10.2. The third-order valence-electron chi connectivity index (χ3n) is 4.26. The molecule has 2 aromatic carbocycles. The Morgan fingerprint density at radius 1 is 1.14 bits per heavy atom. The molecule has 2 N–H and O–H groups in total. The van der Waals surface area contributed by atoms with Gasteiger partial charge in [0.05, 0.1) is 0 Å². The molecule has 110 valence electrons. The smallest absolute Gasteiger partial charge is 0.0408 e. The summed E-state index contributed by atoms with van der Waals surface area (Å²) in [6.07, 6.45) is 0. The lowest BCUT2D eigenvalue weighted by Crippen LogP contribution is -2.34. The van der Waals surface area contributed by atoms with Gasteiger partial charge >= 0.3 is 0 Å². The van der Waals surface area contributed by atoms with Gasteiger partial charge in [0.15, 0.2) is 0 Å². The van der Waals surface area contributed by atoms with Crippen LogP contribution in [-0.2, 0) is 6.54 Å². The summed E-state index contributed by atoms with van der Waals surface area (Å²) in [4.78, 5) is 0. The summed E-state index contributed by atoms with van der Waals surface area (Å²) in [7, 11) is 0. The van der Waals surface area contributed by atoms with Crippen LogP contribution in [0.1, 0.15) is 22.6 Å². The molecule has 1 aliphatic heterocycles. The summed E-state index contributed by atoms with van der Waals surface area (Å²) in [6, 6.07) is 17.3. The van der Waals surface area contributed by atoms with Gasteiger partial charge in [-0.3, -0.25) is 0 Å². The van der Waals surface area contributed by atoms with Gasteiger partial charge in [0.25, 0.3) is 0 Å². The van der Waals surface area contributed by atoms with Gasteiger partial charge in [0.2, 0.25) is 0 Å². The molecule has 2 atom stereocenters. The molecule has 3 rings (SSSR count). The second-order valence-corrected chi connectivity index (χ2v) is 6.18. The number of hydrogen-bond acceptors (Lipinski definition) is 2. The van der Waals surface area contributed by atoms with Gasteiger partial charge in [-0.1, -0.05) is 48.0 Å². The predicted molar refractivity (Wildman–Crippen MR) is 88.9 cm³/mol. The monoisotopic (exact) mass is 300 g/mol. The van der Waals surface area contributed by atoms with E-state index in [0.717, 1.165) is 24.7 Å². The molecule has 21 heavy (non-hydrogen) atoms. The standard InChI is InChI=1S/C18H21ClN2/c1-13-9-15(19)7-8-16(13)17-11-20-12-18(17)21-10-14-5-3-2-4-6-14/h2-9,17-18,20-21H,10-12H2,1H3. The van der Waals surface area contributed by atoms with Gasteiger partial charge in [0.1, 0.15) is 0 Å². The van der Waals surface area contributed by atoms with E-state index in [9.17, 15) is 0 Å². The topological polar surface area (TPSA) is 24.1 Å². The molecule has 1 aliphatic rings. The third kappa shape index (κ3) is 3.46. The highest BCUT2D eigenvalue weighted by atomic mass is 35.5. The number of rotatable bonds is 4. The summed E-state index contributed by atoms with van der Waals surface area (Å²) < 4.78 is 0. The fourth-order valence-electron chi connectivity index (χ4n) is 3.12. The Labute approximate surface area is 131 Å². The van der Waals surface area contributed by atoms with Gasteiger partial charge in [0, 0.05) is 36.6 Å². The zero-order valence-corrected chi connectivity index (χ0v) is 13.0. The van der Waals surface area contributed by atoms with Crippen molar-refractivity contribution in [3.05, 3.63) is 70.2 Å². The molecular weight excluding hydrogens is 280 g/mol. The van der Waals surface area contributed by atoms with E-state index in [1.54, 1.807) is 0 Å². The molecular formula is C18H21ClN2. The van der Waals surface area contributed by atoms with Gasteiger partial charge < -0.3 is 10.6 Å². The lowest BCUT2D eigenvalue weighted by Gasteiger charge is -2.22. The first-order valence-corrected chi connectivity index (χ1v) is 7.86. The largest absolute Gasteiger partial charge is 0.314 e. The van der Waals surface area contributed by atoms with Crippen molar-refractivity contribution >= 4 is 11.6 Å². The SMILES string of the molecule is Cc1cc(Cl)ccc1C1CNCC1NCc1ccccc1. The highest BCUT2D eigenvalue weighted by Gasteiger charge is 2.28. The molecule has 0 spiro atoms. The minimum absolute atomic E-state index is 0.463. The van der Waals surface area contributed by atoms with E-state index in [1.807, 2.05) is 6.07 Å². The van der Waals surface area contributed by atoms with Crippen molar-refractivity contribution in [2.75, 3.05) is 13.1 Å². The quantitative estimate of drug-likeness (QED) is 0.903. The first-order valence-electron chi connectivity index (χ1n) is 7.48. The summed E-state index contributed by atoms with van der Waals surface area (Å²) in [6.45, 7) is 5.10. The Kier molecular flexibility index (Phi) is 4.59. The van der Waals surface area contributed by atoms with E-state index < -0.39 is 0 Å². The van der Waals surface area contributed by atoms with Crippen molar-refractivity contribution < 1.29 is 0 Å². The first kappa shape index (κ1) is 14.6. The van der Waals surface area contributed by atoms with E-state index in [2.05, 4.69) is 60.0 Å². The Morgan fingerprint density at radius 2 is 1.95 bits per heavy atom. The van der Waals surface area contributed by atoms with E-state index in [4.69, 9.17) is 11.6 Å². The van der Waals surface area contributed by atoms with Crippen LogP contribution >= 0.6 is 11.6 Å². The second kappa shape index (κ2) is 6.61. The molecule has 0 bridgehead atoms. The van der Waals surface area contributed by atoms with E-state index >= 15 is 0 Å². The molecule has 0 saturated carbocycles. The van der Waals surface area contributed by atoms with Crippen molar-refractivity contribution in [2.45, 2.75) is 25.4 Å². The van der Waals surface area contributed by atoms with Gasteiger partial charge in [-0.2, -0.15) is 0 Å². The van der Waals surface area contributed by atoms with Crippen LogP contribution < -0.4 is 10.6 Å². The molecule has 2 nitrogen and oxygen atoms in total. The average molecular weight is 301 g/mol. The lowest BCUT2D eigenvalue weighted by atomic mass is 9.91. The molecule has 1 heterocycles. The molecule has 2 aromatic rings. The zero-order valence-electron chi connectivity index (χ0n) is 12.3. The normalized spacial score (nSPS) is 21.6. The number of nitrogens with one attached hydrogen (secondary N) is 2. The molecule has 0 aliphatic carbocycles. The van der Waals surface area contributed by atoms with Crippen molar-refractivity contribution in [1.82, 2.24) is 10.6 Å². The number of halogens is 1. The van der Waals surface area contributed by atoms with Gasteiger partial charge in [-0.25, -0.2) is 0 Å². The van der Waals surface area contributed by atoms with Crippen LogP contribution in [0.25, 0.3) is 0 Å². The van der Waals surface area contributed by atoms with Crippen LogP contribution in [0, 0.1) is 6.92 Å². The van der Waals surface area contributed by atoms with Crippen molar-refractivity contribution in [1.29, 1.82) is 0 Å². The van der Waals surface area contributed by atoms with Gasteiger partial charge in [-0.05, 0) is 35.7 Å². The summed E-state index contributed by atoms with van der Waals surface area (Å²) in [5.41, 5.74) is 4.01. The van der Waals surface area contributed by atoms with Crippen LogP contribution in [-0.4, -0.2) is 19.1 Å². The van der Waals surface area contributed by atoms with E-state index in [0.29, 0.717) is 12.0 Å². The van der Waals surface area contributed by atoms with Crippen molar-refractivity contribution in [3.8, 4) is 0 Å². The average Bonchev–Trinajstić information content (AvgIpc) is 2.94. The Hall–Kier alpha value is -1.35. The Morgan fingerprint density at radius 3 is 2.71 bits per heavy atom. The molecule has 0 aromatic heterocycles. The number of aryl methyl sites for hydroxylation is 1. The molecule has 1 fully saturated rings. The zero-order chi connectivity index (χ0) is 14.7. The minimum atomic E-state index is 0.463. The van der Waals surface area contributed by atoms with Crippen LogP contribution in [0.3, 0.4) is 0 Å². The fourth-order valence-corrected chi connectivity index (χ4v) is 3.35. The molecule has 2 unspecified atom stereocenters. The second-order valence-electron chi connectivity index (χ2n) is 5.74. The van der Waals surface area contributed by atoms with Crippen LogP contribution in [0.4, 0.5) is 0 Å². The number of benzene rings is 2. The summed E-state index contributed by atoms with van der Waals surface area (Å²) >= 11 is 6.07. The highest BCUT2D eigenvalue weighted by molar-refractivity contribution is 6.30. The Balaban J connectivity index is 1.70. The molecule has 3 heteroatoms. The van der Waals surface area contributed by atoms with Crippen LogP contribution in [0.15, 0.2) is 48.5 Å². The Bertz CT molecular complexity index is 597. The maximum atomic E-state index is 6.07. The minimum Gasteiger partial charge on any atom is -0.314 e. The maximum Gasteiger partial charge on any atom is 0.0408 e. The summed E-state index contributed by atoms with van der Waals surface area (Å²) in [5.74, 6) is 0.506. The van der Waals surface area contributed by atoms with E-state index in [1.165, 1.54) is 16.7 Å². The van der Waals surface area contributed by atoms with Gasteiger partial charge in [-0.15, -0.1) is 0 Å². The van der Waals surface area contributed by atoms with Crippen molar-refractivity contribution in [2.24, 2.45) is 0 Å². The highest BCUT2D eigenvalue weighted by Crippen LogP contribution is 2.28. The van der Waals surface area contributed by atoms with Crippen LogP contribution in [0.2, 0.25) is 5.02 Å². The van der Waals surface area contributed by atoms with E-state index in [-0.39, 0.29) is 0 Å². The number of hydrogen-bond donors (Lipinski definition) is 2. The van der Waals surface area contributed by atoms with Crippen LogP contribution in [0.5, 0.6) is 0 Å².